The average Bonchev–Trinajstić information content (AvgIpc) is 2.39. The Bertz CT molecular complexity index is 533. The Morgan fingerprint density at radius 2 is 1.90 bits per heavy atom. The van der Waals surface area contributed by atoms with Crippen molar-refractivity contribution in [3.05, 3.63) is 26.6 Å². The summed E-state index contributed by atoms with van der Waals surface area (Å²) < 4.78 is 5.97. The third-order valence-electron chi connectivity index (χ3n) is 2.73. The highest BCUT2D eigenvalue weighted by Crippen LogP contribution is 2.31. The number of hydrogen-bond donors (Lipinski definition) is 2. The fraction of sp³-hybridized carbons (Fsp3) is 0.385. The molecule has 1 amide bonds. The van der Waals surface area contributed by atoms with Crippen LogP contribution in [-0.2, 0) is 9.53 Å². The molecule has 7 heteroatoms. The molecule has 1 atom stereocenters. The Balaban J connectivity index is 3.17. The number of amides is 1. The highest BCUT2D eigenvalue weighted by atomic mass is 79.9. The van der Waals surface area contributed by atoms with Crippen LogP contribution in [0.1, 0.15) is 24.2 Å². The van der Waals surface area contributed by atoms with E-state index in [1.54, 1.807) is 12.1 Å². The van der Waals surface area contributed by atoms with E-state index in [2.05, 4.69) is 37.2 Å². The van der Waals surface area contributed by atoms with Crippen LogP contribution >= 0.6 is 31.9 Å². The molecule has 0 heterocycles. The van der Waals surface area contributed by atoms with Crippen molar-refractivity contribution in [2.45, 2.75) is 19.9 Å². The van der Waals surface area contributed by atoms with Gasteiger partial charge < -0.3 is 15.8 Å². The van der Waals surface area contributed by atoms with Crippen LogP contribution < -0.4 is 11.1 Å². The molecule has 0 saturated carbocycles. The van der Waals surface area contributed by atoms with Crippen LogP contribution in [0.4, 0.5) is 5.69 Å². The van der Waals surface area contributed by atoms with Gasteiger partial charge in [-0.25, -0.2) is 4.79 Å². The minimum atomic E-state index is -0.656. The molecule has 0 radical (unpaired) electrons. The molecular weight excluding hydrogens is 392 g/mol. The number of anilines is 1. The van der Waals surface area contributed by atoms with Gasteiger partial charge in [0.1, 0.15) is 0 Å². The third kappa shape index (κ3) is 4.04. The summed E-state index contributed by atoms with van der Waals surface area (Å²) in [6.07, 6.45) is 0. The van der Waals surface area contributed by atoms with Gasteiger partial charge in [0, 0.05) is 8.95 Å². The molecule has 0 saturated heterocycles. The lowest BCUT2D eigenvalue weighted by Gasteiger charge is -2.18. The van der Waals surface area contributed by atoms with Gasteiger partial charge in [0.25, 0.3) is 0 Å². The number of ether oxygens (including phenoxy) is 1. The molecule has 0 aliphatic heterocycles. The minimum Gasteiger partial charge on any atom is -0.465 e. The quantitative estimate of drug-likeness (QED) is 0.751. The molecular formula is C13H16Br2N2O3. The first-order valence-electron chi connectivity index (χ1n) is 5.91. The lowest BCUT2D eigenvalue weighted by atomic mass is 10.0. The van der Waals surface area contributed by atoms with Crippen molar-refractivity contribution in [3.63, 3.8) is 0 Å². The molecule has 0 unspecified atom stereocenters. The summed E-state index contributed by atoms with van der Waals surface area (Å²) in [6.45, 7) is 3.70. The molecule has 0 aromatic heterocycles. The van der Waals surface area contributed by atoms with Crippen LogP contribution in [0.15, 0.2) is 21.1 Å². The fourth-order valence-electron chi connectivity index (χ4n) is 1.48. The second-order valence-corrected chi connectivity index (χ2v) is 6.33. The summed E-state index contributed by atoms with van der Waals surface area (Å²) in [7, 11) is 1.28. The van der Waals surface area contributed by atoms with Crippen LogP contribution in [0.3, 0.4) is 0 Å². The van der Waals surface area contributed by atoms with Crippen LogP contribution in [0.5, 0.6) is 0 Å². The highest BCUT2D eigenvalue weighted by molar-refractivity contribution is 9.11. The highest BCUT2D eigenvalue weighted by Gasteiger charge is 2.22. The number of nitrogens with two attached hydrogens (primary N) is 1. The van der Waals surface area contributed by atoms with E-state index in [9.17, 15) is 9.59 Å². The number of benzene rings is 1. The van der Waals surface area contributed by atoms with Crippen molar-refractivity contribution < 1.29 is 14.3 Å². The molecule has 0 aliphatic rings. The number of esters is 1. The van der Waals surface area contributed by atoms with Crippen molar-refractivity contribution in [1.82, 2.24) is 0 Å². The van der Waals surface area contributed by atoms with Crippen LogP contribution in [0, 0.1) is 5.92 Å². The smallest absolute Gasteiger partial charge is 0.340 e. The summed E-state index contributed by atoms with van der Waals surface area (Å²) in [5.41, 5.74) is 6.39. The molecule has 0 bridgehead atoms. The lowest BCUT2D eigenvalue weighted by molar-refractivity contribution is -0.118. The summed E-state index contributed by atoms with van der Waals surface area (Å²) in [5, 5.41) is 2.67. The molecule has 1 rings (SSSR count). The number of nitrogens with one attached hydrogen (secondary N) is 1. The van der Waals surface area contributed by atoms with E-state index in [-0.39, 0.29) is 17.4 Å². The van der Waals surface area contributed by atoms with E-state index >= 15 is 0 Å². The van der Waals surface area contributed by atoms with Crippen molar-refractivity contribution in [2.75, 3.05) is 12.4 Å². The average molecular weight is 408 g/mol. The molecule has 0 fully saturated rings. The monoisotopic (exact) mass is 406 g/mol. The maximum atomic E-state index is 12.0. The van der Waals surface area contributed by atoms with Gasteiger partial charge in [0.15, 0.2) is 0 Å². The Morgan fingerprint density at radius 3 is 2.40 bits per heavy atom. The largest absolute Gasteiger partial charge is 0.465 e. The normalized spacial score (nSPS) is 12.2. The maximum absolute atomic E-state index is 12.0. The molecule has 0 spiro atoms. The van der Waals surface area contributed by atoms with Crippen molar-refractivity contribution in [2.24, 2.45) is 11.7 Å². The molecule has 0 aliphatic carbocycles. The standard InChI is InChI=1S/C13H16Br2N2O3/c1-6(2)10(16)12(18)17-11-8(13(19)20-3)4-7(14)5-9(11)15/h4-6,10H,16H2,1-3H3,(H,17,18)/t10-/m1/s1. The van der Waals surface area contributed by atoms with E-state index in [0.717, 1.165) is 0 Å². The van der Waals surface area contributed by atoms with Gasteiger partial charge in [-0.3, -0.25) is 4.79 Å². The molecule has 1 aromatic carbocycles. The van der Waals surface area contributed by atoms with Crippen LogP contribution in [0.2, 0.25) is 0 Å². The summed E-state index contributed by atoms with van der Waals surface area (Å²) >= 11 is 6.60. The third-order valence-corrected chi connectivity index (χ3v) is 3.81. The Kier molecular flexibility index (Phi) is 6.16. The number of rotatable bonds is 4. The maximum Gasteiger partial charge on any atom is 0.340 e. The number of carbonyl (C=O) groups is 2. The number of carbonyl (C=O) groups excluding carboxylic acids is 2. The second-order valence-electron chi connectivity index (χ2n) is 4.56. The van der Waals surface area contributed by atoms with Gasteiger partial charge >= 0.3 is 5.97 Å². The molecule has 5 nitrogen and oxygen atoms in total. The van der Waals surface area contributed by atoms with E-state index in [0.29, 0.717) is 14.6 Å². The molecule has 3 N–H and O–H groups in total. The topological polar surface area (TPSA) is 81.4 Å². The first-order valence-corrected chi connectivity index (χ1v) is 7.50. The zero-order chi connectivity index (χ0) is 15.4. The first-order chi connectivity index (χ1) is 9.27. The Hall–Kier alpha value is -0.920. The van der Waals surface area contributed by atoms with Gasteiger partial charge in [0.05, 0.1) is 24.4 Å². The van der Waals surface area contributed by atoms with Gasteiger partial charge in [-0.2, -0.15) is 0 Å². The van der Waals surface area contributed by atoms with Crippen molar-refractivity contribution in [3.8, 4) is 0 Å². The van der Waals surface area contributed by atoms with E-state index in [4.69, 9.17) is 10.5 Å². The fourth-order valence-corrected chi connectivity index (χ4v) is 2.81. The van der Waals surface area contributed by atoms with Crippen molar-refractivity contribution >= 4 is 49.4 Å². The van der Waals surface area contributed by atoms with Crippen molar-refractivity contribution in [1.29, 1.82) is 0 Å². The van der Waals surface area contributed by atoms with Crippen LogP contribution in [-0.4, -0.2) is 25.0 Å². The lowest BCUT2D eigenvalue weighted by Crippen LogP contribution is -2.40. The van der Waals surface area contributed by atoms with Gasteiger partial charge in [-0.05, 0) is 34.0 Å². The van der Waals surface area contributed by atoms with E-state index in [1.807, 2.05) is 13.8 Å². The van der Waals surface area contributed by atoms with Gasteiger partial charge in [-0.15, -0.1) is 0 Å². The zero-order valence-electron chi connectivity index (χ0n) is 11.4. The predicted molar refractivity (Wildman–Crippen MR) is 84.6 cm³/mol. The van der Waals surface area contributed by atoms with Crippen LogP contribution in [0.25, 0.3) is 0 Å². The Morgan fingerprint density at radius 1 is 1.30 bits per heavy atom. The number of halogens is 2. The summed E-state index contributed by atoms with van der Waals surface area (Å²) in [6, 6.07) is 2.65. The molecule has 1 aromatic rings. The number of methoxy groups -OCH3 is 1. The first kappa shape index (κ1) is 17.1. The van der Waals surface area contributed by atoms with Gasteiger partial charge in [-0.1, -0.05) is 29.8 Å². The minimum absolute atomic E-state index is 0.00852. The molecule has 110 valence electrons. The second kappa shape index (κ2) is 7.19. The van der Waals surface area contributed by atoms with Gasteiger partial charge in [0.2, 0.25) is 5.91 Å². The predicted octanol–water partition coefficient (Wildman–Crippen LogP) is 2.92. The van der Waals surface area contributed by atoms with E-state index in [1.165, 1.54) is 7.11 Å². The summed E-state index contributed by atoms with van der Waals surface area (Å²) in [4.78, 5) is 23.8. The Labute approximate surface area is 134 Å². The van der Waals surface area contributed by atoms with E-state index < -0.39 is 12.0 Å². The SMILES string of the molecule is COC(=O)c1cc(Br)cc(Br)c1NC(=O)[C@H](N)C(C)C. The number of hydrogen-bond acceptors (Lipinski definition) is 4. The molecule has 20 heavy (non-hydrogen) atoms. The summed E-state index contributed by atoms with van der Waals surface area (Å²) in [5.74, 6) is -0.903. The zero-order valence-corrected chi connectivity index (χ0v) is 14.5.